The molecule has 0 spiro atoms. The maximum Gasteiger partial charge on any atom is 0.184 e. The number of pyridine rings is 1. The molecule has 0 bridgehead atoms. The highest BCUT2D eigenvalue weighted by atomic mass is 15.3. The van der Waals surface area contributed by atoms with Gasteiger partial charge in [0.2, 0.25) is 0 Å². The second-order valence-corrected chi connectivity index (χ2v) is 4.57. The number of hydrogen-bond acceptors (Lipinski definition) is 4. The number of hydrogen-bond donors (Lipinski definition) is 0. The molecule has 4 rings (SSSR count). The number of rotatable bonds is 1. The van der Waals surface area contributed by atoms with Crippen molar-refractivity contribution in [3.63, 3.8) is 0 Å². The second-order valence-electron chi connectivity index (χ2n) is 4.57. The average Bonchev–Trinajstić information content (AvgIpc) is 2.83. The molecule has 0 radical (unpaired) electrons. The molecule has 96 valence electrons. The zero-order chi connectivity index (χ0) is 13.5. The number of fused-ring (bicyclic) bond motifs is 2. The Kier molecular flexibility index (Phi) is 2.26. The first kappa shape index (κ1) is 11.0. The van der Waals surface area contributed by atoms with Crippen LogP contribution >= 0.6 is 0 Å². The summed E-state index contributed by atoms with van der Waals surface area (Å²) in [6, 6.07) is 13.7. The van der Waals surface area contributed by atoms with Crippen molar-refractivity contribution < 1.29 is 0 Å². The molecule has 0 aliphatic heterocycles. The molecule has 0 N–H and O–H groups in total. The van der Waals surface area contributed by atoms with Crippen LogP contribution in [0.4, 0.5) is 0 Å². The molecule has 20 heavy (non-hydrogen) atoms. The van der Waals surface area contributed by atoms with Crippen molar-refractivity contribution in [2.24, 2.45) is 0 Å². The third kappa shape index (κ3) is 1.56. The normalized spacial score (nSPS) is 11.2. The number of aryl methyl sites for hydroxylation is 1. The average molecular weight is 261 g/mol. The highest BCUT2D eigenvalue weighted by Gasteiger charge is 2.13. The van der Waals surface area contributed by atoms with Crippen LogP contribution < -0.4 is 0 Å². The summed E-state index contributed by atoms with van der Waals surface area (Å²) in [5.74, 6) is 0. The molecule has 1 aromatic carbocycles. The van der Waals surface area contributed by atoms with Crippen LogP contribution in [-0.2, 0) is 0 Å². The third-order valence-electron chi connectivity index (χ3n) is 3.22. The lowest BCUT2D eigenvalue weighted by molar-refractivity contribution is 0.879. The molecule has 0 aliphatic rings. The van der Waals surface area contributed by atoms with E-state index < -0.39 is 0 Å². The standard InChI is InChI=1S/C15H11N5/c1-10-13-15(18-14-12(17-13)8-5-9-16-14)20(19-10)11-6-3-2-4-7-11/h2-9H,1H3. The number of nitrogens with zero attached hydrogens (tertiary/aromatic N) is 5. The molecular formula is C15H11N5. The minimum absolute atomic E-state index is 0.636. The first-order valence-corrected chi connectivity index (χ1v) is 6.36. The summed E-state index contributed by atoms with van der Waals surface area (Å²) in [4.78, 5) is 13.5. The lowest BCUT2D eigenvalue weighted by Gasteiger charge is -2.02. The molecule has 3 heterocycles. The van der Waals surface area contributed by atoms with E-state index in [2.05, 4.69) is 20.1 Å². The van der Waals surface area contributed by atoms with Gasteiger partial charge in [-0.15, -0.1) is 0 Å². The molecule has 0 fully saturated rings. The van der Waals surface area contributed by atoms with Crippen LogP contribution in [0.2, 0.25) is 0 Å². The molecule has 0 saturated carbocycles. The van der Waals surface area contributed by atoms with E-state index in [1.807, 2.05) is 54.1 Å². The minimum Gasteiger partial charge on any atom is -0.239 e. The van der Waals surface area contributed by atoms with Crippen LogP contribution in [0, 0.1) is 6.92 Å². The monoisotopic (exact) mass is 261 g/mol. The van der Waals surface area contributed by atoms with E-state index in [0.29, 0.717) is 5.65 Å². The van der Waals surface area contributed by atoms with Crippen LogP contribution in [0.5, 0.6) is 0 Å². The molecule has 0 unspecified atom stereocenters. The van der Waals surface area contributed by atoms with E-state index in [1.165, 1.54) is 0 Å². The molecule has 0 amide bonds. The van der Waals surface area contributed by atoms with Gasteiger partial charge in [-0.2, -0.15) is 5.10 Å². The van der Waals surface area contributed by atoms with Gasteiger partial charge >= 0.3 is 0 Å². The predicted molar refractivity (Wildman–Crippen MR) is 76.7 cm³/mol. The van der Waals surface area contributed by atoms with Crippen molar-refractivity contribution in [2.75, 3.05) is 0 Å². The summed E-state index contributed by atoms with van der Waals surface area (Å²) in [7, 11) is 0. The van der Waals surface area contributed by atoms with Crippen LogP contribution in [0.25, 0.3) is 28.0 Å². The summed E-state index contributed by atoms with van der Waals surface area (Å²) in [6.45, 7) is 1.94. The van der Waals surface area contributed by atoms with Crippen molar-refractivity contribution in [2.45, 2.75) is 6.92 Å². The second kappa shape index (κ2) is 4.09. The van der Waals surface area contributed by atoms with Crippen molar-refractivity contribution >= 4 is 22.3 Å². The lowest BCUT2D eigenvalue weighted by atomic mass is 10.3. The first-order chi connectivity index (χ1) is 9.83. The molecule has 0 atom stereocenters. The smallest absolute Gasteiger partial charge is 0.184 e. The Hall–Kier alpha value is -2.82. The van der Waals surface area contributed by atoms with E-state index in [4.69, 9.17) is 0 Å². The van der Waals surface area contributed by atoms with E-state index in [9.17, 15) is 0 Å². The zero-order valence-corrected chi connectivity index (χ0v) is 10.9. The molecule has 3 aromatic heterocycles. The largest absolute Gasteiger partial charge is 0.239 e. The Morgan fingerprint density at radius 2 is 1.80 bits per heavy atom. The molecular weight excluding hydrogens is 250 g/mol. The Morgan fingerprint density at radius 3 is 2.65 bits per heavy atom. The minimum atomic E-state index is 0.636. The molecule has 0 aliphatic carbocycles. The molecule has 5 heteroatoms. The molecule has 4 aromatic rings. The maximum absolute atomic E-state index is 4.62. The number of benzene rings is 1. The van der Waals surface area contributed by atoms with Crippen molar-refractivity contribution in [3.05, 3.63) is 54.4 Å². The van der Waals surface area contributed by atoms with E-state index >= 15 is 0 Å². The van der Waals surface area contributed by atoms with Crippen molar-refractivity contribution in [3.8, 4) is 5.69 Å². The summed E-state index contributed by atoms with van der Waals surface area (Å²) >= 11 is 0. The quantitative estimate of drug-likeness (QED) is 0.528. The first-order valence-electron chi connectivity index (χ1n) is 6.36. The Labute approximate surface area is 114 Å². The van der Waals surface area contributed by atoms with E-state index in [-0.39, 0.29) is 0 Å². The Bertz CT molecular complexity index is 912. The SMILES string of the molecule is Cc1nn(-c2ccccc2)c2nc3ncccc3nc12. The highest BCUT2D eigenvalue weighted by Crippen LogP contribution is 2.20. The Balaban J connectivity index is 2.10. The van der Waals surface area contributed by atoms with Gasteiger partial charge in [-0.25, -0.2) is 19.6 Å². The summed E-state index contributed by atoms with van der Waals surface area (Å²) in [5.41, 5.74) is 4.80. The molecule has 5 nitrogen and oxygen atoms in total. The van der Waals surface area contributed by atoms with E-state index in [1.54, 1.807) is 6.20 Å². The van der Waals surface area contributed by atoms with Crippen molar-refractivity contribution in [1.29, 1.82) is 0 Å². The van der Waals surface area contributed by atoms with Crippen LogP contribution in [0.3, 0.4) is 0 Å². The molecule has 0 saturated heterocycles. The van der Waals surface area contributed by atoms with Gasteiger partial charge < -0.3 is 0 Å². The maximum atomic E-state index is 4.62. The van der Waals surface area contributed by atoms with Gasteiger partial charge in [-0.1, -0.05) is 18.2 Å². The van der Waals surface area contributed by atoms with Gasteiger partial charge in [-0.3, -0.25) is 0 Å². The van der Waals surface area contributed by atoms with Crippen LogP contribution in [0.15, 0.2) is 48.7 Å². The number of para-hydroxylation sites is 1. The van der Waals surface area contributed by atoms with Crippen molar-refractivity contribution in [1.82, 2.24) is 24.7 Å². The van der Waals surface area contributed by atoms with Gasteiger partial charge in [0, 0.05) is 6.20 Å². The zero-order valence-electron chi connectivity index (χ0n) is 10.9. The van der Waals surface area contributed by atoms with Gasteiger partial charge in [-0.05, 0) is 31.2 Å². The summed E-state index contributed by atoms with van der Waals surface area (Å²) in [6.07, 6.45) is 1.72. The lowest BCUT2D eigenvalue weighted by Crippen LogP contribution is -1.98. The van der Waals surface area contributed by atoms with Crippen LogP contribution in [-0.4, -0.2) is 24.7 Å². The third-order valence-corrected chi connectivity index (χ3v) is 3.22. The summed E-state index contributed by atoms with van der Waals surface area (Å²) < 4.78 is 1.81. The topological polar surface area (TPSA) is 56.5 Å². The van der Waals surface area contributed by atoms with Crippen LogP contribution in [0.1, 0.15) is 5.69 Å². The fourth-order valence-electron chi connectivity index (χ4n) is 2.27. The Morgan fingerprint density at radius 1 is 0.950 bits per heavy atom. The predicted octanol–water partition coefficient (Wildman–Crippen LogP) is 2.67. The highest BCUT2D eigenvalue weighted by molar-refractivity contribution is 5.84. The summed E-state index contributed by atoms with van der Waals surface area (Å²) in [5, 5.41) is 4.55. The number of aromatic nitrogens is 5. The van der Waals surface area contributed by atoms with Gasteiger partial charge in [0.25, 0.3) is 0 Å². The van der Waals surface area contributed by atoms with E-state index in [0.717, 1.165) is 28.1 Å². The fraction of sp³-hybridized carbons (Fsp3) is 0.0667. The van der Waals surface area contributed by atoms with Gasteiger partial charge in [0.15, 0.2) is 11.3 Å². The fourth-order valence-corrected chi connectivity index (χ4v) is 2.27. The van der Waals surface area contributed by atoms with Gasteiger partial charge in [0.1, 0.15) is 11.0 Å². The van der Waals surface area contributed by atoms with Gasteiger partial charge in [0.05, 0.1) is 11.4 Å².